The lowest BCUT2D eigenvalue weighted by Gasteiger charge is -2.31. The lowest BCUT2D eigenvalue weighted by atomic mass is 9.99. The van der Waals surface area contributed by atoms with Crippen molar-refractivity contribution in [2.45, 2.75) is 95.0 Å². The lowest BCUT2D eigenvalue weighted by molar-refractivity contribution is -0.142. The minimum absolute atomic E-state index is 0.0130. The third-order valence-corrected chi connectivity index (χ3v) is 10.3. The van der Waals surface area contributed by atoms with Crippen LogP contribution in [0.25, 0.3) is 0 Å². The highest BCUT2D eigenvalue weighted by molar-refractivity contribution is 7.98. The highest BCUT2D eigenvalue weighted by Crippen LogP contribution is 2.21. The summed E-state index contributed by atoms with van der Waals surface area (Å²) in [5.41, 5.74) is 13.8. The molecule has 2 aromatic carbocycles. The zero-order valence-corrected chi connectivity index (χ0v) is 33.4. The number of nitrogens with two attached hydrogens (primary N) is 2. The number of imidazole rings is 1. The molecule has 0 aliphatic carbocycles. The predicted octanol–water partition coefficient (Wildman–Crippen LogP) is 0.685. The number of aromatic hydroxyl groups is 1. The summed E-state index contributed by atoms with van der Waals surface area (Å²) in [7, 11) is 0. The maximum absolute atomic E-state index is 14.3. The van der Waals surface area contributed by atoms with E-state index in [2.05, 4.69) is 31.2 Å². The molecule has 10 N–H and O–H groups in total. The van der Waals surface area contributed by atoms with Gasteiger partial charge in [-0.05, 0) is 66.9 Å². The quantitative estimate of drug-likeness (QED) is 0.0748. The number of likely N-dealkylation sites (tertiary alicyclic amines) is 1. The number of aromatic nitrogens is 2. The van der Waals surface area contributed by atoms with E-state index in [0.29, 0.717) is 36.3 Å². The number of phenols is 1. The minimum atomic E-state index is -1.23. The van der Waals surface area contributed by atoms with Crippen LogP contribution in [-0.4, -0.2) is 110 Å². The number of hydrogen-bond donors (Lipinski definition) is 8. The van der Waals surface area contributed by atoms with Gasteiger partial charge in [-0.3, -0.25) is 28.8 Å². The van der Waals surface area contributed by atoms with Crippen LogP contribution in [0.4, 0.5) is 0 Å². The first-order valence-corrected chi connectivity index (χ1v) is 20.5. The third-order valence-electron chi connectivity index (χ3n) is 9.69. The number of carbonyl (C=O) groups excluding carboxylic acids is 6. The predicted molar refractivity (Wildman–Crippen MR) is 216 cm³/mol. The third kappa shape index (κ3) is 13.6. The molecule has 4 rings (SSSR count). The van der Waals surface area contributed by atoms with Crippen molar-refractivity contribution in [1.82, 2.24) is 36.1 Å². The van der Waals surface area contributed by atoms with Crippen LogP contribution in [-0.2, 0) is 48.0 Å². The van der Waals surface area contributed by atoms with Gasteiger partial charge in [0.2, 0.25) is 35.4 Å². The number of H-pyrrole nitrogens is 1. The van der Waals surface area contributed by atoms with Crippen molar-refractivity contribution in [3.05, 3.63) is 83.9 Å². The summed E-state index contributed by atoms with van der Waals surface area (Å²) < 4.78 is 0. The molecule has 6 amide bonds. The number of amides is 6. The maximum Gasteiger partial charge on any atom is 0.245 e. The molecule has 1 fully saturated rings. The van der Waals surface area contributed by atoms with Crippen LogP contribution in [0.3, 0.4) is 0 Å². The Morgan fingerprint density at radius 1 is 0.860 bits per heavy atom. The van der Waals surface area contributed by atoms with Gasteiger partial charge in [-0.15, -0.1) is 0 Å². The van der Waals surface area contributed by atoms with Gasteiger partial charge in [0.1, 0.15) is 36.0 Å². The van der Waals surface area contributed by atoms with Crippen molar-refractivity contribution >= 4 is 47.2 Å². The van der Waals surface area contributed by atoms with Crippen molar-refractivity contribution in [3.8, 4) is 5.75 Å². The number of primary amides is 1. The van der Waals surface area contributed by atoms with Gasteiger partial charge in [0.05, 0.1) is 12.4 Å². The standard InChI is InChI=1S/C40H55N9O7S/c1-24(2)18-33(40(56)49-16-7-10-34(49)39(55)45-30(35(42)51)15-17-57-3)48-38(54)32(20-26-11-13-28(50)14-12-26)47-37(53)31(19-25-8-5-4-6-9-25)46-36(52)29(41)21-27-22-43-23-44-27/h4-6,8-9,11-14,22-24,29-34,50H,7,10,15-21,41H2,1-3H3,(H2,42,51)(H,43,44)(H,45,55)(H,46,52)(H,47,53)(H,48,54)/t29-,30-,31-,32-,33-,34-/m0/s1. The normalized spacial score (nSPS) is 16.5. The van der Waals surface area contributed by atoms with E-state index in [-0.39, 0.29) is 43.9 Å². The van der Waals surface area contributed by atoms with Crippen LogP contribution < -0.4 is 32.7 Å². The van der Waals surface area contributed by atoms with E-state index in [1.165, 1.54) is 35.1 Å². The van der Waals surface area contributed by atoms with Crippen LogP contribution in [0.5, 0.6) is 5.75 Å². The largest absolute Gasteiger partial charge is 0.508 e. The monoisotopic (exact) mass is 805 g/mol. The number of benzene rings is 2. The first kappa shape index (κ1) is 44.3. The fraction of sp³-hybridized carbons (Fsp3) is 0.475. The molecule has 0 bridgehead atoms. The van der Waals surface area contributed by atoms with Crippen molar-refractivity contribution in [2.75, 3.05) is 18.6 Å². The Balaban J connectivity index is 1.57. The Morgan fingerprint density at radius 2 is 1.47 bits per heavy atom. The average molecular weight is 806 g/mol. The first-order chi connectivity index (χ1) is 27.2. The van der Waals surface area contributed by atoms with E-state index in [1.807, 2.05) is 38.3 Å². The Kier molecular flexibility index (Phi) is 16.9. The van der Waals surface area contributed by atoms with Gasteiger partial charge in [-0.2, -0.15) is 11.8 Å². The van der Waals surface area contributed by atoms with E-state index < -0.39 is 71.7 Å². The molecule has 57 heavy (non-hydrogen) atoms. The van der Waals surface area contributed by atoms with Gasteiger partial charge in [0.25, 0.3) is 0 Å². The Hall–Kier alpha value is -5.42. The summed E-state index contributed by atoms with van der Waals surface area (Å²) >= 11 is 1.51. The van der Waals surface area contributed by atoms with E-state index in [0.717, 1.165) is 5.56 Å². The molecule has 0 saturated carbocycles. The number of hydrogen-bond acceptors (Lipinski definition) is 10. The number of nitrogens with one attached hydrogen (secondary N) is 5. The zero-order chi connectivity index (χ0) is 41.5. The molecule has 0 radical (unpaired) electrons. The number of nitrogens with zero attached hydrogens (tertiary/aromatic N) is 2. The molecule has 6 atom stereocenters. The first-order valence-electron chi connectivity index (χ1n) is 19.1. The number of aromatic amines is 1. The van der Waals surface area contributed by atoms with Gasteiger partial charge in [0.15, 0.2) is 0 Å². The Bertz CT molecular complexity index is 1790. The highest BCUT2D eigenvalue weighted by atomic mass is 32.2. The van der Waals surface area contributed by atoms with Crippen LogP contribution in [0.2, 0.25) is 0 Å². The van der Waals surface area contributed by atoms with E-state index >= 15 is 0 Å². The fourth-order valence-electron chi connectivity index (χ4n) is 6.67. The number of rotatable bonds is 21. The van der Waals surface area contributed by atoms with Gasteiger partial charge < -0.3 is 47.7 Å². The van der Waals surface area contributed by atoms with Crippen molar-refractivity contribution in [3.63, 3.8) is 0 Å². The summed E-state index contributed by atoms with van der Waals surface area (Å²) in [6.45, 7) is 4.06. The van der Waals surface area contributed by atoms with Gasteiger partial charge >= 0.3 is 0 Å². The van der Waals surface area contributed by atoms with Crippen molar-refractivity contribution in [2.24, 2.45) is 17.4 Å². The van der Waals surface area contributed by atoms with Gasteiger partial charge in [-0.25, -0.2) is 4.98 Å². The second-order valence-electron chi connectivity index (χ2n) is 14.7. The smallest absolute Gasteiger partial charge is 0.245 e. The second-order valence-corrected chi connectivity index (χ2v) is 15.7. The molecule has 16 nitrogen and oxygen atoms in total. The van der Waals surface area contributed by atoms with Crippen LogP contribution >= 0.6 is 11.8 Å². The fourth-order valence-corrected chi connectivity index (χ4v) is 7.14. The molecule has 1 saturated heterocycles. The lowest BCUT2D eigenvalue weighted by Crippen LogP contribution is -2.60. The number of thioether (sulfide) groups is 1. The molecule has 2 heterocycles. The van der Waals surface area contributed by atoms with E-state index in [9.17, 15) is 33.9 Å². The van der Waals surface area contributed by atoms with Crippen LogP contribution in [0.1, 0.15) is 56.4 Å². The van der Waals surface area contributed by atoms with Crippen molar-refractivity contribution in [1.29, 1.82) is 0 Å². The van der Waals surface area contributed by atoms with Crippen LogP contribution in [0, 0.1) is 5.92 Å². The summed E-state index contributed by atoms with van der Waals surface area (Å²) in [4.78, 5) is 89.8. The zero-order valence-electron chi connectivity index (χ0n) is 32.6. The molecule has 17 heteroatoms. The molecule has 1 aliphatic heterocycles. The summed E-state index contributed by atoms with van der Waals surface area (Å²) in [6.07, 6.45) is 6.59. The van der Waals surface area contributed by atoms with Crippen LogP contribution in [0.15, 0.2) is 67.1 Å². The SMILES string of the molecule is CSCC[C@H](NC(=O)[C@@H]1CCCN1C(=O)[C@H](CC(C)C)NC(=O)[C@H](Cc1ccc(O)cc1)NC(=O)[C@H](Cc1ccccc1)NC(=O)[C@@H](N)Cc1cnc[nH]1)C(N)=O. The van der Waals surface area contributed by atoms with Gasteiger partial charge in [0, 0.05) is 37.7 Å². The Morgan fingerprint density at radius 3 is 2.05 bits per heavy atom. The molecule has 0 spiro atoms. The summed E-state index contributed by atoms with van der Waals surface area (Å²) in [6, 6.07) is 9.00. The average Bonchev–Trinajstić information content (AvgIpc) is 3.89. The minimum Gasteiger partial charge on any atom is -0.508 e. The molecule has 1 aliphatic rings. The van der Waals surface area contributed by atoms with E-state index in [4.69, 9.17) is 11.5 Å². The molecular weight excluding hydrogens is 751 g/mol. The second kappa shape index (κ2) is 21.8. The summed E-state index contributed by atoms with van der Waals surface area (Å²) in [5, 5.41) is 21.1. The summed E-state index contributed by atoms with van der Waals surface area (Å²) in [5.74, 6) is -2.97. The highest BCUT2D eigenvalue weighted by Gasteiger charge is 2.40. The maximum atomic E-state index is 14.3. The molecule has 1 aromatic heterocycles. The van der Waals surface area contributed by atoms with Crippen molar-refractivity contribution < 1.29 is 33.9 Å². The molecule has 308 valence electrons. The molecular formula is C40H55N9O7S. The number of phenolic OH excluding ortho intramolecular Hbond substituents is 1. The topological polar surface area (TPSA) is 255 Å². The van der Waals surface area contributed by atoms with Gasteiger partial charge in [-0.1, -0.05) is 56.3 Å². The number of carbonyl (C=O) groups is 6. The molecule has 3 aromatic rings. The molecule has 0 unspecified atom stereocenters. The Labute approximate surface area is 337 Å². The van der Waals surface area contributed by atoms with E-state index in [1.54, 1.807) is 30.5 Å².